The van der Waals surface area contributed by atoms with Crippen LogP contribution >= 0.6 is 0 Å². The Balaban J connectivity index is 2.76. The predicted octanol–water partition coefficient (Wildman–Crippen LogP) is 1.93. The van der Waals surface area contributed by atoms with Crippen molar-refractivity contribution in [3.8, 4) is 0 Å². The van der Waals surface area contributed by atoms with Gasteiger partial charge in [-0.05, 0) is 37.2 Å². The molecule has 0 saturated carbocycles. The molecule has 14 heavy (non-hydrogen) atoms. The summed E-state index contributed by atoms with van der Waals surface area (Å²) < 4.78 is 12.9. The molecule has 0 aromatic heterocycles. The quantitative estimate of drug-likeness (QED) is 0.744. The Bertz CT molecular complexity index is 336. The number of halogens is 1. The second-order valence-electron chi connectivity index (χ2n) is 3.17. The maximum absolute atomic E-state index is 12.9. The summed E-state index contributed by atoms with van der Waals surface area (Å²) in [7, 11) is 0. The zero-order chi connectivity index (χ0) is 10.6. The van der Waals surface area contributed by atoms with Crippen LogP contribution in [0.2, 0.25) is 0 Å². The van der Waals surface area contributed by atoms with Crippen LogP contribution in [0.15, 0.2) is 18.2 Å². The van der Waals surface area contributed by atoms with E-state index in [0.29, 0.717) is 17.7 Å². The molecule has 1 rings (SSSR count). The third kappa shape index (κ3) is 2.64. The molecule has 1 aromatic carbocycles. The molecule has 0 heterocycles. The number of likely N-dealkylation sites (N-methyl/N-ethyl adjacent to an activating group) is 1. The van der Waals surface area contributed by atoms with Crippen molar-refractivity contribution >= 4 is 5.78 Å². The Morgan fingerprint density at radius 2 is 2.21 bits per heavy atom. The molecule has 0 bridgehead atoms. The summed E-state index contributed by atoms with van der Waals surface area (Å²) in [6.45, 7) is 4.65. The van der Waals surface area contributed by atoms with Crippen molar-refractivity contribution in [2.45, 2.75) is 13.8 Å². The number of aryl methyl sites for hydroxylation is 1. The number of benzene rings is 1. The summed E-state index contributed by atoms with van der Waals surface area (Å²) in [4.78, 5) is 11.5. The zero-order valence-electron chi connectivity index (χ0n) is 8.43. The molecular formula is C11H14FNO. The van der Waals surface area contributed by atoms with Crippen LogP contribution in [0.1, 0.15) is 22.8 Å². The van der Waals surface area contributed by atoms with Gasteiger partial charge in [-0.3, -0.25) is 4.79 Å². The molecule has 0 atom stereocenters. The normalized spacial score (nSPS) is 10.2. The van der Waals surface area contributed by atoms with Gasteiger partial charge in [-0.2, -0.15) is 0 Å². The van der Waals surface area contributed by atoms with Crippen LogP contribution in [-0.4, -0.2) is 18.9 Å². The summed E-state index contributed by atoms with van der Waals surface area (Å²) in [6.07, 6.45) is 0. The van der Waals surface area contributed by atoms with Crippen LogP contribution in [0.3, 0.4) is 0 Å². The van der Waals surface area contributed by atoms with Gasteiger partial charge in [-0.15, -0.1) is 0 Å². The Morgan fingerprint density at radius 1 is 1.50 bits per heavy atom. The van der Waals surface area contributed by atoms with E-state index in [-0.39, 0.29) is 11.6 Å². The van der Waals surface area contributed by atoms with Gasteiger partial charge in [0.15, 0.2) is 5.78 Å². The Labute approximate surface area is 83.1 Å². The van der Waals surface area contributed by atoms with Gasteiger partial charge in [0.05, 0.1) is 6.54 Å². The standard InChI is InChI=1S/C11H14FNO/c1-3-13-7-11(14)9-4-5-10(12)8(2)6-9/h4-6,13H,3,7H2,1-2H3. The van der Waals surface area contributed by atoms with E-state index in [4.69, 9.17) is 0 Å². The average molecular weight is 195 g/mol. The second-order valence-corrected chi connectivity index (χ2v) is 3.17. The van der Waals surface area contributed by atoms with Crippen molar-refractivity contribution in [1.29, 1.82) is 0 Å². The molecule has 0 radical (unpaired) electrons. The van der Waals surface area contributed by atoms with Gasteiger partial charge in [0, 0.05) is 5.56 Å². The fourth-order valence-corrected chi connectivity index (χ4v) is 1.16. The van der Waals surface area contributed by atoms with Crippen LogP contribution in [-0.2, 0) is 0 Å². The summed E-state index contributed by atoms with van der Waals surface area (Å²) >= 11 is 0. The first kappa shape index (κ1) is 10.9. The molecule has 0 fully saturated rings. The van der Waals surface area contributed by atoms with Crippen molar-refractivity contribution < 1.29 is 9.18 Å². The molecule has 1 N–H and O–H groups in total. The highest BCUT2D eigenvalue weighted by molar-refractivity contribution is 5.97. The molecule has 3 heteroatoms. The summed E-state index contributed by atoms with van der Waals surface area (Å²) in [5, 5.41) is 2.94. The van der Waals surface area contributed by atoms with Gasteiger partial charge in [0.25, 0.3) is 0 Å². The Kier molecular flexibility index (Phi) is 3.77. The third-order valence-corrected chi connectivity index (χ3v) is 2.02. The highest BCUT2D eigenvalue weighted by Gasteiger charge is 2.06. The molecule has 0 saturated heterocycles. The summed E-state index contributed by atoms with van der Waals surface area (Å²) in [5.74, 6) is -0.278. The van der Waals surface area contributed by atoms with Gasteiger partial charge in [-0.25, -0.2) is 4.39 Å². The number of Topliss-reactive ketones (excluding diaryl/α,β-unsaturated/α-hetero) is 1. The summed E-state index contributed by atoms with van der Waals surface area (Å²) in [5.41, 5.74) is 1.07. The minimum Gasteiger partial charge on any atom is -0.310 e. The Morgan fingerprint density at radius 3 is 2.79 bits per heavy atom. The predicted molar refractivity (Wildman–Crippen MR) is 54.0 cm³/mol. The third-order valence-electron chi connectivity index (χ3n) is 2.02. The minimum absolute atomic E-state index is 0.00468. The van der Waals surface area contributed by atoms with Crippen molar-refractivity contribution in [2.24, 2.45) is 0 Å². The SMILES string of the molecule is CCNCC(=O)c1ccc(F)c(C)c1. The fraction of sp³-hybridized carbons (Fsp3) is 0.364. The van der Waals surface area contributed by atoms with E-state index in [1.54, 1.807) is 13.0 Å². The molecule has 1 aromatic rings. The van der Waals surface area contributed by atoms with E-state index in [9.17, 15) is 9.18 Å². The van der Waals surface area contributed by atoms with Gasteiger partial charge in [-0.1, -0.05) is 6.92 Å². The molecule has 0 unspecified atom stereocenters. The van der Waals surface area contributed by atoms with Crippen molar-refractivity contribution in [1.82, 2.24) is 5.32 Å². The van der Waals surface area contributed by atoms with Crippen molar-refractivity contribution in [3.63, 3.8) is 0 Å². The second kappa shape index (κ2) is 4.86. The van der Waals surface area contributed by atoms with E-state index in [0.717, 1.165) is 6.54 Å². The molecule has 0 spiro atoms. The van der Waals surface area contributed by atoms with Gasteiger partial charge < -0.3 is 5.32 Å². The number of ketones is 1. The first-order chi connectivity index (χ1) is 6.65. The van der Waals surface area contributed by atoms with Gasteiger partial charge in [0.1, 0.15) is 5.82 Å². The number of carbonyl (C=O) groups excluding carboxylic acids is 1. The van der Waals surface area contributed by atoms with Crippen LogP contribution in [0, 0.1) is 12.7 Å². The number of hydrogen-bond acceptors (Lipinski definition) is 2. The minimum atomic E-state index is -0.273. The lowest BCUT2D eigenvalue weighted by Gasteiger charge is -2.03. The largest absolute Gasteiger partial charge is 0.310 e. The number of hydrogen-bond donors (Lipinski definition) is 1. The van der Waals surface area contributed by atoms with Crippen molar-refractivity contribution in [3.05, 3.63) is 35.1 Å². The lowest BCUT2D eigenvalue weighted by molar-refractivity contribution is 0.0991. The molecule has 0 amide bonds. The van der Waals surface area contributed by atoms with E-state index >= 15 is 0 Å². The van der Waals surface area contributed by atoms with Crippen LogP contribution in [0.5, 0.6) is 0 Å². The number of carbonyl (C=O) groups is 1. The highest BCUT2D eigenvalue weighted by atomic mass is 19.1. The summed E-state index contributed by atoms with van der Waals surface area (Å²) in [6, 6.07) is 4.42. The van der Waals surface area contributed by atoms with E-state index in [1.807, 2.05) is 6.92 Å². The van der Waals surface area contributed by atoms with Gasteiger partial charge >= 0.3 is 0 Å². The van der Waals surface area contributed by atoms with E-state index in [1.165, 1.54) is 12.1 Å². The Hall–Kier alpha value is -1.22. The number of rotatable bonds is 4. The zero-order valence-corrected chi connectivity index (χ0v) is 8.43. The first-order valence-corrected chi connectivity index (χ1v) is 4.65. The van der Waals surface area contributed by atoms with E-state index in [2.05, 4.69) is 5.32 Å². The average Bonchev–Trinajstić information content (AvgIpc) is 2.18. The monoisotopic (exact) mass is 195 g/mol. The van der Waals surface area contributed by atoms with Crippen molar-refractivity contribution in [2.75, 3.05) is 13.1 Å². The maximum atomic E-state index is 12.9. The molecule has 0 aliphatic carbocycles. The highest BCUT2D eigenvalue weighted by Crippen LogP contribution is 2.09. The maximum Gasteiger partial charge on any atom is 0.176 e. The topological polar surface area (TPSA) is 29.1 Å². The van der Waals surface area contributed by atoms with E-state index < -0.39 is 0 Å². The number of nitrogens with one attached hydrogen (secondary N) is 1. The van der Waals surface area contributed by atoms with Crippen LogP contribution < -0.4 is 5.32 Å². The lowest BCUT2D eigenvalue weighted by atomic mass is 10.1. The molecule has 2 nitrogen and oxygen atoms in total. The smallest absolute Gasteiger partial charge is 0.176 e. The fourth-order valence-electron chi connectivity index (χ4n) is 1.16. The molecule has 0 aliphatic rings. The van der Waals surface area contributed by atoms with Crippen LogP contribution in [0.4, 0.5) is 4.39 Å². The molecule has 0 aliphatic heterocycles. The lowest BCUT2D eigenvalue weighted by Crippen LogP contribution is -2.22. The van der Waals surface area contributed by atoms with Gasteiger partial charge in [0.2, 0.25) is 0 Å². The van der Waals surface area contributed by atoms with Crippen LogP contribution in [0.25, 0.3) is 0 Å². The molecular weight excluding hydrogens is 181 g/mol. The molecule has 76 valence electrons. The first-order valence-electron chi connectivity index (χ1n) is 4.65.